The van der Waals surface area contributed by atoms with E-state index in [4.69, 9.17) is 35.5 Å². The zero-order chi connectivity index (χ0) is 76.1. The average Bonchev–Trinajstić information content (AvgIpc) is 1.54. The van der Waals surface area contributed by atoms with Gasteiger partial charge >= 0.3 is 0 Å². The lowest BCUT2D eigenvalue weighted by atomic mass is 10.00. The molecule has 3 heterocycles. The van der Waals surface area contributed by atoms with Gasteiger partial charge in [-0.05, 0) is 180 Å². The van der Waals surface area contributed by atoms with Crippen LogP contribution < -0.4 is 21.0 Å². The summed E-state index contributed by atoms with van der Waals surface area (Å²) in [6.45, 7) is 6.14. The molecule has 0 aliphatic carbocycles. The number of anilines is 6. The van der Waals surface area contributed by atoms with Crippen LogP contribution in [0.1, 0.15) is 63.7 Å². The van der Waals surface area contributed by atoms with Crippen LogP contribution in [0.25, 0.3) is 97.7 Å². The monoisotopic (exact) mass is 1470 g/mol. The quantitative estimate of drug-likeness (QED) is 0.0261. The summed E-state index contributed by atoms with van der Waals surface area (Å²) >= 11 is 0. The molecule has 544 valence electrons. The van der Waals surface area contributed by atoms with Gasteiger partial charge in [-0.2, -0.15) is 15.3 Å². The number of phenolic OH excluding ortho intramolecular Hbond substituents is 3. The van der Waals surface area contributed by atoms with Gasteiger partial charge in [-0.15, -0.1) is 15.3 Å². The highest BCUT2D eigenvalue weighted by Crippen LogP contribution is 2.49. The van der Waals surface area contributed by atoms with Crippen molar-refractivity contribution in [2.45, 2.75) is 46.6 Å². The number of nitrogens with one attached hydrogen (secondary N) is 6. The predicted molar refractivity (Wildman–Crippen MR) is 450 cm³/mol. The Kier molecular flexibility index (Phi) is 17.9. The first-order chi connectivity index (χ1) is 54.9. The van der Waals surface area contributed by atoms with Crippen molar-refractivity contribution in [3.8, 4) is 17.2 Å². The Balaban J connectivity index is 0.722. The Morgan fingerprint density at radius 3 is 1.06 bits per heavy atom. The van der Waals surface area contributed by atoms with Gasteiger partial charge in [0.05, 0.1) is 50.4 Å². The molecule has 18 aromatic rings. The van der Waals surface area contributed by atoms with Crippen molar-refractivity contribution in [2.75, 3.05) is 21.0 Å². The number of rotatable bonds is 20. The standard InChI is InChI=1S/C93H71N13O6/c1-4-53-19-7-13-25-74(53)97-92(110)72-50-57-32-47-70-67-23-11-17-29-78(67)95-84(70)81(57)87(90(72)108)103-100-61-36-42-64(43-37-61)106(63-40-34-60(35-41-63)99-102-86-80-56(31-46-69-66-22-10-16-28-77(66)94-83(69)80)49-59(89(86)107)52-112-105-76-27-15-9-21-55(76)6-3)65-44-38-62(39-45-65)101-104-88-82-58(33-48-71-68-24-12-18-30-79(68)96-85(71)82)51-73(91(88)109)93(111)98-75-26-14-8-20-54(75)5-2/h7-51,94-96,105,107-109H,4-6,52H2,1-3H3,(H,97,110)(H,98,111). The van der Waals surface area contributed by atoms with Gasteiger partial charge in [-0.1, -0.05) is 166 Å². The van der Waals surface area contributed by atoms with Gasteiger partial charge in [0.15, 0.2) is 11.5 Å². The van der Waals surface area contributed by atoms with Gasteiger partial charge in [0.1, 0.15) is 29.4 Å². The molecule has 112 heavy (non-hydrogen) atoms. The summed E-state index contributed by atoms with van der Waals surface area (Å²) in [5.41, 5.74) is 17.8. The molecule has 0 unspecified atom stereocenters. The van der Waals surface area contributed by atoms with Crippen molar-refractivity contribution in [2.24, 2.45) is 30.7 Å². The number of nitrogens with zero attached hydrogens (tertiary/aromatic N) is 7. The Labute approximate surface area is 640 Å². The van der Waals surface area contributed by atoms with Crippen LogP contribution in [0.2, 0.25) is 0 Å². The van der Waals surface area contributed by atoms with Crippen LogP contribution in [0.3, 0.4) is 0 Å². The van der Waals surface area contributed by atoms with Gasteiger partial charge in [0.25, 0.3) is 11.8 Å². The maximum absolute atomic E-state index is 14.3. The van der Waals surface area contributed by atoms with E-state index in [1.807, 2.05) is 267 Å². The second-order valence-electron chi connectivity index (χ2n) is 27.6. The minimum Gasteiger partial charge on any atom is -0.505 e. The molecule has 3 aromatic heterocycles. The number of hydrogen-bond acceptors (Lipinski definition) is 14. The van der Waals surface area contributed by atoms with Gasteiger partial charge in [0, 0.05) is 99.0 Å². The van der Waals surface area contributed by atoms with Crippen LogP contribution in [0, 0.1) is 0 Å². The highest BCUT2D eigenvalue weighted by Gasteiger charge is 2.26. The van der Waals surface area contributed by atoms with Crippen LogP contribution in [-0.2, 0) is 30.7 Å². The highest BCUT2D eigenvalue weighted by molar-refractivity contribution is 6.25. The number of aromatic hydroxyl groups is 3. The zero-order valence-electron chi connectivity index (χ0n) is 61.0. The number of hydrogen-bond donors (Lipinski definition) is 9. The number of aromatic nitrogens is 3. The number of H-pyrrole nitrogens is 3. The van der Waals surface area contributed by atoms with Crippen molar-refractivity contribution < 1.29 is 29.7 Å². The van der Waals surface area contributed by atoms with Crippen molar-refractivity contribution in [3.63, 3.8) is 0 Å². The molecule has 0 aliphatic heterocycles. The first kappa shape index (κ1) is 69.0. The number of azo groups is 3. The second kappa shape index (κ2) is 29.1. The molecule has 19 heteroatoms. The highest BCUT2D eigenvalue weighted by atomic mass is 16.6. The average molecular weight is 1470 g/mol. The molecule has 0 atom stereocenters. The molecule has 18 rings (SSSR count). The van der Waals surface area contributed by atoms with Gasteiger partial charge in [0.2, 0.25) is 0 Å². The van der Waals surface area contributed by atoms with Crippen LogP contribution >= 0.6 is 0 Å². The number of phenols is 3. The Bertz CT molecular complexity index is 6620. The molecule has 0 saturated heterocycles. The number of carbonyl (C=O) groups is 2. The predicted octanol–water partition coefficient (Wildman–Crippen LogP) is 25.6. The lowest BCUT2D eigenvalue weighted by Crippen LogP contribution is -2.13. The van der Waals surface area contributed by atoms with Crippen LogP contribution in [0.5, 0.6) is 17.2 Å². The largest absolute Gasteiger partial charge is 0.505 e. The topological polar surface area (TPSA) is 265 Å². The number of amides is 2. The van der Waals surface area contributed by atoms with Crippen molar-refractivity contribution >= 4 is 178 Å². The molecule has 2 amide bonds. The second-order valence-corrected chi connectivity index (χ2v) is 27.6. The first-order valence-corrected chi connectivity index (χ1v) is 37.1. The summed E-state index contributed by atoms with van der Waals surface area (Å²) in [4.78, 5) is 47.6. The maximum Gasteiger partial charge on any atom is 0.259 e. The van der Waals surface area contributed by atoms with E-state index in [2.05, 4.69) is 50.1 Å². The van der Waals surface area contributed by atoms with E-state index >= 15 is 0 Å². The van der Waals surface area contributed by atoms with Crippen LogP contribution in [0.15, 0.2) is 304 Å². The lowest BCUT2D eigenvalue weighted by Gasteiger charge is -2.25. The van der Waals surface area contributed by atoms with E-state index in [9.17, 15) is 24.9 Å². The summed E-state index contributed by atoms with van der Waals surface area (Å²) in [5.74, 6) is -1.74. The number of carbonyl (C=O) groups excluding carboxylic acids is 2. The molecule has 0 spiro atoms. The molecule has 0 radical (unpaired) electrons. The number of fused-ring (bicyclic) bond motifs is 15. The van der Waals surface area contributed by atoms with E-state index in [1.165, 1.54) is 0 Å². The van der Waals surface area contributed by atoms with Gasteiger partial charge < -0.3 is 45.8 Å². The molecule has 0 fully saturated rings. The van der Waals surface area contributed by atoms with E-state index in [0.717, 1.165) is 105 Å². The lowest BCUT2D eigenvalue weighted by molar-refractivity contribution is 0.101. The fourth-order valence-corrected chi connectivity index (χ4v) is 15.3. The fraction of sp³-hybridized carbons (Fsp3) is 0.0753. The van der Waals surface area contributed by atoms with Crippen LogP contribution in [0.4, 0.5) is 68.2 Å². The fourth-order valence-electron chi connectivity index (χ4n) is 15.3. The minimum atomic E-state index is -0.500. The first-order valence-electron chi connectivity index (χ1n) is 37.1. The number of benzene rings is 15. The van der Waals surface area contributed by atoms with E-state index < -0.39 is 11.8 Å². The van der Waals surface area contributed by atoms with E-state index in [1.54, 1.807) is 12.1 Å². The molecular formula is C93H71N13O6. The minimum absolute atomic E-state index is 0.0174. The molecular weight excluding hydrogens is 1400 g/mol. The normalized spacial score (nSPS) is 12.0. The molecule has 0 aliphatic rings. The molecule has 0 saturated carbocycles. The van der Waals surface area contributed by atoms with Crippen LogP contribution in [-0.4, -0.2) is 42.1 Å². The molecule has 9 N–H and O–H groups in total. The summed E-state index contributed by atoms with van der Waals surface area (Å²) in [5, 5.41) is 82.0. The van der Waals surface area contributed by atoms with E-state index in [-0.39, 0.29) is 52.0 Å². The maximum atomic E-state index is 14.3. The van der Waals surface area contributed by atoms with Crippen molar-refractivity contribution in [1.82, 2.24) is 15.0 Å². The van der Waals surface area contributed by atoms with Gasteiger partial charge in [-0.25, -0.2) is 0 Å². The third-order valence-electron chi connectivity index (χ3n) is 21.0. The number of aryl methyl sites for hydroxylation is 3. The Morgan fingerprint density at radius 2 is 0.679 bits per heavy atom. The Hall–Kier alpha value is -14.8. The molecule has 15 aromatic carbocycles. The van der Waals surface area contributed by atoms with E-state index in [0.29, 0.717) is 85.1 Å². The SMILES string of the molecule is CCc1ccccc1NOCc1cc2ccc3c4ccccc4[nH]c3c2c(N=Nc2ccc(N(c3ccc(N=Nc4c(O)c(C(=O)Nc5ccccc5CC)cc5ccc6c7ccccc7[nH]c6c45)cc3)c3ccc(N=Nc4c(O)c(C(=O)Nc5ccccc5CC)cc5ccc6c7ccccc7[nH]c6c45)cc3)cc2)c1O. The number of para-hydroxylation sites is 6. The third-order valence-corrected chi connectivity index (χ3v) is 21.0. The molecule has 19 nitrogen and oxygen atoms in total. The smallest absolute Gasteiger partial charge is 0.259 e. The summed E-state index contributed by atoms with van der Waals surface area (Å²) in [6.07, 6.45) is 2.18. The summed E-state index contributed by atoms with van der Waals surface area (Å²) < 4.78 is 0. The zero-order valence-corrected chi connectivity index (χ0v) is 61.0. The summed E-state index contributed by atoms with van der Waals surface area (Å²) in [6, 6.07) is 86.9. The van der Waals surface area contributed by atoms with Gasteiger partial charge in [-0.3, -0.25) is 19.9 Å². The van der Waals surface area contributed by atoms with Crippen molar-refractivity contribution in [1.29, 1.82) is 0 Å². The third kappa shape index (κ3) is 12.6. The Morgan fingerprint density at radius 1 is 0.348 bits per heavy atom. The summed E-state index contributed by atoms with van der Waals surface area (Å²) in [7, 11) is 0. The molecule has 0 bridgehead atoms. The van der Waals surface area contributed by atoms with Crippen molar-refractivity contribution in [3.05, 3.63) is 306 Å². The number of aromatic amines is 3.